The van der Waals surface area contributed by atoms with E-state index in [-0.39, 0.29) is 11.1 Å². The average Bonchev–Trinajstić information content (AvgIpc) is 3.66. The summed E-state index contributed by atoms with van der Waals surface area (Å²) in [6, 6.07) is 40.9. The van der Waals surface area contributed by atoms with Crippen molar-refractivity contribution in [1.29, 1.82) is 0 Å². The summed E-state index contributed by atoms with van der Waals surface area (Å²) >= 11 is 0. The quantitative estimate of drug-likeness (QED) is 0.111. The van der Waals surface area contributed by atoms with Crippen LogP contribution < -0.4 is 11.1 Å². The second kappa shape index (κ2) is 9.89. The maximum absolute atomic E-state index is 14.0. The fraction of sp³-hybridized carbons (Fsp3) is 0. The Morgan fingerprint density at radius 3 is 1.67 bits per heavy atom. The molecule has 0 atom stereocenters. The van der Waals surface area contributed by atoms with E-state index in [0.29, 0.717) is 16.3 Å². The first kappa shape index (κ1) is 27.4. The van der Waals surface area contributed by atoms with Crippen LogP contribution in [0.3, 0.4) is 0 Å². The van der Waals surface area contributed by atoms with Crippen molar-refractivity contribution in [3.8, 4) is 5.69 Å². The van der Waals surface area contributed by atoms with Gasteiger partial charge in [0.2, 0.25) is 0 Å². The zero-order valence-corrected chi connectivity index (χ0v) is 26.4. The van der Waals surface area contributed by atoms with Crippen LogP contribution in [-0.4, -0.2) is 13.5 Å². The summed E-state index contributed by atoms with van der Waals surface area (Å²) in [7, 11) is 0. The van der Waals surface area contributed by atoms with Gasteiger partial charge < -0.3 is 9.13 Å². The number of benzene rings is 6. The first-order valence-corrected chi connectivity index (χ1v) is 16.3. The number of pyridine rings is 2. The van der Waals surface area contributed by atoms with Crippen LogP contribution in [0.1, 0.15) is 0 Å². The SMILES string of the molecule is C=C/C=C(\C=C)n1c2ccccc2c2c1ccc1c3ccccc3n(-c3cc4c5ccccc5c(=O)n5c(=O)c6ccccc6c(c3)c45)c12. The van der Waals surface area contributed by atoms with Gasteiger partial charge in [-0.25, -0.2) is 4.40 Å². The van der Waals surface area contributed by atoms with Gasteiger partial charge in [0.25, 0.3) is 11.1 Å². The Hall–Kier alpha value is -6.72. The Labute approximate surface area is 279 Å². The second-order valence-corrected chi connectivity index (χ2v) is 12.5. The van der Waals surface area contributed by atoms with Gasteiger partial charge in [-0.3, -0.25) is 9.59 Å². The molecular formula is C44H27N3O2. The van der Waals surface area contributed by atoms with E-state index in [0.717, 1.165) is 76.5 Å². The molecule has 5 heteroatoms. The number of hydrogen-bond donors (Lipinski definition) is 0. The molecule has 0 aliphatic carbocycles. The van der Waals surface area contributed by atoms with E-state index in [1.165, 1.54) is 4.40 Å². The zero-order chi connectivity index (χ0) is 33.0. The monoisotopic (exact) mass is 629 g/mol. The minimum atomic E-state index is -0.298. The number of nitrogens with zero attached hydrogens (tertiary/aromatic N) is 3. The van der Waals surface area contributed by atoms with E-state index in [9.17, 15) is 9.59 Å². The molecular weight excluding hydrogens is 603 g/mol. The average molecular weight is 630 g/mol. The number of allylic oxidation sites excluding steroid dienone is 4. The molecule has 0 bridgehead atoms. The maximum Gasteiger partial charge on any atom is 0.266 e. The Morgan fingerprint density at radius 2 is 1.06 bits per heavy atom. The predicted octanol–water partition coefficient (Wildman–Crippen LogP) is 9.97. The van der Waals surface area contributed by atoms with E-state index in [1.54, 1.807) is 6.08 Å². The molecule has 0 saturated carbocycles. The first-order valence-electron chi connectivity index (χ1n) is 16.3. The van der Waals surface area contributed by atoms with E-state index >= 15 is 0 Å². The lowest BCUT2D eigenvalue weighted by molar-refractivity contribution is 1.09. The first-order chi connectivity index (χ1) is 24.1. The van der Waals surface area contributed by atoms with Crippen LogP contribution in [0.5, 0.6) is 0 Å². The Morgan fingerprint density at radius 1 is 0.510 bits per heavy atom. The number of fused-ring (bicyclic) bond motifs is 11. The van der Waals surface area contributed by atoms with Gasteiger partial charge in [-0.2, -0.15) is 0 Å². The molecule has 4 heterocycles. The number of aromatic nitrogens is 3. The van der Waals surface area contributed by atoms with Gasteiger partial charge in [0, 0.05) is 54.5 Å². The van der Waals surface area contributed by atoms with Crippen molar-refractivity contribution in [3.05, 3.63) is 173 Å². The van der Waals surface area contributed by atoms with Gasteiger partial charge in [0.05, 0.1) is 27.6 Å². The molecule has 0 amide bonds. The molecule has 0 aliphatic rings. The van der Waals surface area contributed by atoms with Crippen molar-refractivity contribution in [2.75, 3.05) is 0 Å². The molecule has 0 saturated heterocycles. The molecule has 6 aromatic carbocycles. The smallest absolute Gasteiger partial charge is 0.266 e. The minimum Gasteiger partial charge on any atom is -0.309 e. The van der Waals surface area contributed by atoms with Crippen molar-refractivity contribution >= 4 is 87.1 Å². The van der Waals surface area contributed by atoms with Crippen molar-refractivity contribution in [2.24, 2.45) is 0 Å². The third kappa shape index (κ3) is 3.48. The molecule has 0 fully saturated rings. The van der Waals surface area contributed by atoms with E-state index in [2.05, 4.69) is 95.1 Å². The third-order valence-electron chi connectivity index (χ3n) is 10.1. The van der Waals surface area contributed by atoms with Gasteiger partial charge in [-0.1, -0.05) is 98.1 Å². The van der Waals surface area contributed by atoms with Crippen molar-refractivity contribution in [1.82, 2.24) is 13.5 Å². The molecule has 10 rings (SSSR count). The lowest BCUT2D eigenvalue weighted by Gasteiger charge is -2.16. The van der Waals surface area contributed by atoms with Crippen LogP contribution in [0.2, 0.25) is 0 Å². The lowest BCUT2D eigenvalue weighted by atomic mass is 9.98. The highest BCUT2D eigenvalue weighted by atomic mass is 16.2. The highest BCUT2D eigenvalue weighted by Crippen LogP contribution is 2.43. The van der Waals surface area contributed by atoms with Gasteiger partial charge in [0.1, 0.15) is 0 Å². The third-order valence-corrected chi connectivity index (χ3v) is 10.1. The zero-order valence-electron chi connectivity index (χ0n) is 26.4. The van der Waals surface area contributed by atoms with Crippen LogP contribution in [0.15, 0.2) is 162 Å². The molecule has 0 N–H and O–H groups in total. The molecule has 4 aromatic heterocycles. The molecule has 10 aromatic rings. The minimum absolute atomic E-state index is 0.298. The van der Waals surface area contributed by atoms with Crippen LogP contribution >= 0.6 is 0 Å². The second-order valence-electron chi connectivity index (χ2n) is 12.5. The van der Waals surface area contributed by atoms with Crippen molar-refractivity contribution in [3.63, 3.8) is 0 Å². The summed E-state index contributed by atoms with van der Waals surface area (Å²) < 4.78 is 5.98. The van der Waals surface area contributed by atoms with E-state index in [4.69, 9.17) is 0 Å². The maximum atomic E-state index is 14.0. The Bertz CT molecular complexity index is 3140. The fourth-order valence-corrected chi connectivity index (χ4v) is 8.15. The van der Waals surface area contributed by atoms with E-state index < -0.39 is 0 Å². The lowest BCUT2D eigenvalue weighted by Crippen LogP contribution is -2.27. The number of para-hydroxylation sites is 2. The van der Waals surface area contributed by atoms with Crippen LogP contribution in [-0.2, 0) is 0 Å². The summed E-state index contributed by atoms with van der Waals surface area (Å²) in [6.07, 6.45) is 5.64. The molecule has 0 spiro atoms. The number of hydrogen-bond acceptors (Lipinski definition) is 2. The summed E-state index contributed by atoms with van der Waals surface area (Å²) in [5.74, 6) is 0. The highest BCUT2D eigenvalue weighted by molar-refractivity contribution is 6.27. The largest absolute Gasteiger partial charge is 0.309 e. The predicted molar refractivity (Wildman–Crippen MR) is 206 cm³/mol. The molecule has 49 heavy (non-hydrogen) atoms. The van der Waals surface area contributed by atoms with Crippen LogP contribution in [0.4, 0.5) is 0 Å². The molecule has 0 unspecified atom stereocenters. The van der Waals surface area contributed by atoms with Gasteiger partial charge in [-0.15, -0.1) is 0 Å². The van der Waals surface area contributed by atoms with E-state index in [1.807, 2.05) is 60.7 Å². The van der Waals surface area contributed by atoms with Gasteiger partial charge in [0.15, 0.2) is 0 Å². The Kier molecular flexibility index (Phi) is 5.53. The van der Waals surface area contributed by atoms with Crippen molar-refractivity contribution in [2.45, 2.75) is 0 Å². The molecule has 0 radical (unpaired) electrons. The van der Waals surface area contributed by atoms with Gasteiger partial charge >= 0.3 is 0 Å². The van der Waals surface area contributed by atoms with Crippen LogP contribution in [0, 0.1) is 0 Å². The highest BCUT2D eigenvalue weighted by Gasteiger charge is 2.23. The fourth-order valence-electron chi connectivity index (χ4n) is 8.15. The molecule has 5 nitrogen and oxygen atoms in total. The normalized spacial score (nSPS) is 12.5. The number of rotatable bonds is 4. The summed E-state index contributed by atoms with van der Waals surface area (Å²) in [5, 5.41) is 8.92. The summed E-state index contributed by atoms with van der Waals surface area (Å²) in [4.78, 5) is 27.9. The van der Waals surface area contributed by atoms with Crippen LogP contribution in [0.25, 0.3) is 92.8 Å². The standard InChI is InChI=1S/C44H27N3O2/c1-3-13-26(4-2)45-38-21-12-10-19-34(38)40-39(45)23-22-31-30-16-9-11-20-37(30)46(42(31)40)27-24-35-28-14-5-7-17-32(28)43(48)47-41(35)36(25-27)29-15-6-8-18-33(29)44(47)49/h3-25H,1-2H2/b26-13+. The topological polar surface area (TPSA) is 48.4 Å². The van der Waals surface area contributed by atoms with Crippen molar-refractivity contribution < 1.29 is 0 Å². The molecule has 230 valence electrons. The molecule has 0 aliphatic heterocycles. The Balaban J connectivity index is 1.48. The summed E-state index contributed by atoms with van der Waals surface area (Å²) in [6.45, 7) is 8.10. The van der Waals surface area contributed by atoms with Gasteiger partial charge in [-0.05, 0) is 65.4 Å². The summed E-state index contributed by atoms with van der Waals surface area (Å²) in [5.41, 5.74) is 6.21.